The van der Waals surface area contributed by atoms with Crippen LogP contribution in [0.2, 0.25) is 5.02 Å². The van der Waals surface area contributed by atoms with Crippen molar-refractivity contribution in [2.24, 2.45) is 0 Å². The molecule has 0 unspecified atom stereocenters. The van der Waals surface area contributed by atoms with Crippen molar-refractivity contribution in [2.45, 2.75) is 25.4 Å². The van der Waals surface area contributed by atoms with Crippen molar-refractivity contribution in [3.63, 3.8) is 0 Å². The molecule has 1 N–H and O–H groups in total. The summed E-state index contributed by atoms with van der Waals surface area (Å²) in [6.45, 7) is 0.873. The molecule has 0 saturated heterocycles. The standard InChI is InChI=1S/C14H13ClFNS/c15-12-3-1-2-11(14(12)16)13-7-6-10(18-13)8-17-9-4-5-9/h1-3,6-7,9,17H,4-5,8H2. The van der Waals surface area contributed by atoms with E-state index in [-0.39, 0.29) is 10.8 Å². The van der Waals surface area contributed by atoms with Gasteiger partial charge in [0.25, 0.3) is 0 Å². The average Bonchev–Trinajstić information content (AvgIpc) is 3.08. The number of benzene rings is 1. The summed E-state index contributed by atoms with van der Waals surface area (Å²) in [4.78, 5) is 2.17. The molecule has 1 aromatic carbocycles. The van der Waals surface area contributed by atoms with Crippen molar-refractivity contribution in [3.05, 3.63) is 46.0 Å². The second kappa shape index (κ2) is 5.00. The Bertz CT molecular complexity index is 563. The molecule has 1 heterocycles. The molecule has 1 aromatic heterocycles. The summed E-state index contributed by atoms with van der Waals surface area (Å²) < 4.78 is 13.9. The lowest BCUT2D eigenvalue weighted by Gasteiger charge is -2.01. The van der Waals surface area contributed by atoms with Gasteiger partial charge in [-0.2, -0.15) is 0 Å². The highest BCUT2D eigenvalue weighted by Gasteiger charge is 2.20. The minimum absolute atomic E-state index is 0.179. The van der Waals surface area contributed by atoms with E-state index in [4.69, 9.17) is 11.6 Å². The Labute approximate surface area is 115 Å². The van der Waals surface area contributed by atoms with Gasteiger partial charge in [-0.05, 0) is 31.0 Å². The summed E-state index contributed by atoms with van der Waals surface area (Å²) in [6, 6.07) is 9.83. The molecular weight excluding hydrogens is 269 g/mol. The van der Waals surface area contributed by atoms with Gasteiger partial charge >= 0.3 is 0 Å². The highest BCUT2D eigenvalue weighted by atomic mass is 35.5. The number of nitrogens with one attached hydrogen (secondary N) is 1. The van der Waals surface area contributed by atoms with Gasteiger partial charge in [-0.3, -0.25) is 0 Å². The molecule has 0 radical (unpaired) electrons. The molecule has 4 heteroatoms. The third-order valence-electron chi connectivity index (χ3n) is 3.02. The van der Waals surface area contributed by atoms with Crippen molar-refractivity contribution < 1.29 is 4.39 Å². The van der Waals surface area contributed by atoms with Gasteiger partial charge in [-0.1, -0.05) is 23.7 Å². The van der Waals surface area contributed by atoms with Crippen molar-refractivity contribution in [1.82, 2.24) is 5.32 Å². The zero-order valence-corrected chi connectivity index (χ0v) is 11.3. The lowest BCUT2D eigenvalue weighted by atomic mass is 10.2. The first kappa shape index (κ1) is 12.2. The van der Waals surface area contributed by atoms with Crippen LogP contribution in [0.4, 0.5) is 4.39 Å². The fourth-order valence-corrected chi connectivity index (χ4v) is 3.00. The van der Waals surface area contributed by atoms with E-state index in [1.807, 2.05) is 6.07 Å². The maximum Gasteiger partial charge on any atom is 0.150 e. The Balaban J connectivity index is 1.80. The minimum Gasteiger partial charge on any atom is -0.309 e. The van der Waals surface area contributed by atoms with E-state index >= 15 is 0 Å². The van der Waals surface area contributed by atoms with Crippen LogP contribution in [-0.2, 0) is 6.54 Å². The van der Waals surface area contributed by atoms with Crippen LogP contribution in [0, 0.1) is 5.82 Å². The summed E-state index contributed by atoms with van der Waals surface area (Å²) in [6.07, 6.45) is 2.56. The van der Waals surface area contributed by atoms with Gasteiger partial charge in [-0.15, -0.1) is 11.3 Å². The van der Waals surface area contributed by atoms with Crippen LogP contribution in [0.15, 0.2) is 30.3 Å². The first-order chi connectivity index (χ1) is 8.74. The van der Waals surface area contributed by atoms with Gasteiger partial charge in [0.2, 0.25) is 0 Å². The van der Waals surface area contributed by atoms with E-state index in [9.17, 15) is 4.39 Å². The van der Waals surface area contributed by atoms with E-state index in [0.29, 0.717) is 11.6 Å². The second-order valence-corrected chi connectivity index (χ2v) is 6.10. The van der Waals surface area contributed by atoms with Crippen molar-refractivity contribution in [2.75, 3.05) is 0 Å². The summed E-state index contributed by atoms with van der Waals surface area (Å²) in [5, 5.41) is 3.63. The molecule has 0 amide bonds. The lowest BCUT2D eigenvalue weighted by molar-refractivity contribution is 0.632. The van der Waals surface area contributed by atoms with Crippen LogP contribution in [0.25, 0.3) is 10.4 Å². The smallest absolute Gasteiger partial charge is 0.150 e. The first-order valence-corrected chi connectivity index (χ1v) is 7.20. The quantitative estimate of drug-likeness (QED) is 0.872. The highest BCUT2D eigenvalue weighted by Crippen LogP contribution is 2.33. The Morgan fingerprint density at radius 2 is 2.11 bits per heavy atom. The zero-order valence-electron chi connectivity index (χ0n) is 9.75. The second-order valence-electron chi connectivity index (χ2n) is 4.52. The van der Waals surface area contributed by atoms with Gasteiger partial charge in [0.05, 0.1) is 5.02 Å². The van der Waals surface area contributed by atoms with E-state index in [2.05, 4.69) is 11.4 Å². The third kappa shape index (κ3) is 2.58. The predicted octanol–water partition coefficient (Wildman–Crippen LogP) is 4.46. The molecule has 2 aromatic rings. The summed E-state index contributed by atoms with van der Waals surface area (Å²) >= 11 is 7.42. The van der Waals surface area contributed by atoms with Crippen LogP contribution in [0.3, 0.4) is 0 Å². The van der Waals surface area contributed by atoms with E-state index in [1.165, 1.54) is 17.7 Å². The molecule has 0 spiro atoms. The molecular formula is C14H13ClFNS. The van der Waals surface area contributed by atoms with Crippen LogP contribution >= 0.6 is 22.9 Å². The molecule has 1 aliphatic rings. The first-order valence-electron chi connectivity index (χ1n) is 6.00. The SMILES string of the molecule is Fc1c(Cl)cccc1-c1ccc(CNC2CC2)s1. The van der Waals surface area contributed by atoms with E-state index in [1.54, 1.807) is 29.5 Å². The Hall–Kier alpha value is -0.900. The summed E-state index contributed by atoms with van der Waals surface area (Å²) in [7, 11) is 0. The largest absolute Gasteiger partial charge is 0.309 e. The fourth-order valence-electron chi connectivity index (χ4n) is 1.84. The molecule has 1 aliphatic carbocycles. The average molecular weight is 282 g/mol. The van der Waals surface area contributed by atoms with Crippen molar-refractivity contribution >= 4 is 22.9 Å². The normalized spacial score (nSPS) is 15.0. The lowest BCUT2D eigenvalue weighted by Crippen LogP contribution is -2.14. The highest BCUT2D eigenvalue weighted by molar-refractivity contribution is 7.15. The van der Waals surface area contributed by atoms with Crippen molar-refractivity contribution in [1.29, 1.82) is 0 Å². The van der Waals surface area contributed by atoms with Gasteiger partial charge in [-0.25, -0.2) is 4.39 Å². The molecule has 3 rings (SSSR count). The molecule has 1 saturated carbocycles. The van der Waals surface area contributed by atoms with Crippen LogP contribution in [-0.4, -0.2) is 6.04 Å². The maximum absolute atomic E-state index is 13.9. The van der Waals surface area contributed by atoms with Crippen LogP contribution < -0.4 is 5.32 Å². The zero-order chi connectivity index (χ0) is 12.5. The van der Waals surface area contributed by atoms with E-state index < -0.39 is 0 Å². The summed E-state index contributed by atoms with van der Waals surface area (Å²) in [5.41, 5.74) is 0.588. The fraction of sp³-hybridized carbons (Fsp3) is 0.286. The van der Waals surface area contributed by atoms with Gasteiger partial charge in [0, 0.05) is 27.9 Å². The van der Waals surface area contributed by atoms with Crippen LogP contribution in [0.1, 0.15) is 17.7 Å². The van der Waals surface area contributed by atoms with Gasteiger partial charge < -0.3 is 5.32 Å². The number of halogens is 2. The number of hydrogen-bond acceptors (Lipinski definition) is 2. The molecule has 0 bridgehead atoms. The molecule has 0 aliphatic heterocycles. The monoisotopic (exact) mass is 281 g/mol. The van der Waals surface area contributed by atoms with Gasteiger partial charge in [0.15, 0.2) is 0 Å². The number of hydrogen-bond donors (Lipinski definition) is 1. The maximum atomic E-state index is 13.9. The van der Waals surface area contributed by atoms with Crippen molar-refractivity contribution in [3.8, 4) is 10.4 Å². The molecule has 1 nitrogen and oxygen atoms in total. The third-order valence-corrected chi connectivity index (χ3v) is 4.43. The Kier molecular flexibility index (Phi) is 3.37. The number of thiophene rings is 1. The molecule has 1 fully saturated rings. The van der Waals surface area contributed by atoms with Crippen LogP contribution in [0.5, 0.6) is 0 Å². The van der Waals surface area contributed by atoms with Gasteiger partial charge in [0.1, 0.15) is 5.82 Å². The number of rotatable bonds is 4. The predicted molar refractivity (Wildman–Crippen MR) is 74.6 cm³/mol. The molecule has 18 heavy (non-hydrogen) atoms. The Morgan fingerprint density at radius 3 is 2.89 bits per heavy atom. The molecule has 94 valence electrons. The molecule has 0 atom stereocenters. The minimum atomic E-state index is -0.331. The Morgan fingerprint density at radius 1 is 1.28 bits per heavy atom. The topological polar surface area (TPSA) is 12.0 Å². The summed E-state index contributed by atoms with van der Waals surface area (Å²) in [5.74, 6) is -0.331. The van der Waals surface area contributed by atoms with E-state index in [0.717, 1.165) is 11.4 Å².